The molecule has 0 radical (unpaired) electrons. The molecule has 0 aliphatic heterocycles. The van der Waals surface area contributed by atoms with Crippen LogP contribution in [0.5, 0.6) is 0 Å². The molecule has 0 aliphatic carbocycles. The van der Waals surface area contributed by atoms with Gasteiger partial charge in [-0.3, -0.25) is 0 Å². The Morgan fingerprint density at radius 1 is 0.615 bits per heavy atom. The minimum absolute atomic E-state index is 0.544. The van der Waals surface area contributed by atoms with E-state index in [4.69, 9.17) is 23.7 Å². The molecule has 0 saturated carbocycles. The Kier molecular flexibility index (Phi) is 23.7. The van der Waals surface area contributed by atoms with E-state index >= 15 is 0 Å². The van der Waals surface area contributed by atoms with Gasteiger partial charge in [0.1, 0.15) is 0 Å². The van der Waals surface area contributed by atoms with Gasteiger partial charge in [0, 0.05) is 17.2 Å². The van der Waals surface area contributed by atoms with Crippen LogP contribution in [0.4, 0.5) is 0 Å². The molecule has 0 aromatic heterocycles. The van der Waals surface area contributed by atoms with E-state index in [0.29, 0.717) is 17.2 Å². The minimum atomic E-state index is 0.544. The van der Waals surface area contributed by atoms with Crippen LogP contribution >= 0.6 is 17.2 Å². The van der Waals surface area contributed by atoms with Gasteiger partial charge in [-0.2, -0.15) is 0 Å². The number of rotatable bonds is 8. The summed E-state index contributed by atoms with van der Waals surface area (Å²) in [5.41, 5.74) is 0. The van der Waals surface area contributed by atoms with Gasteiger partial charge in [0.05, 0.1) is 22.9 Å². The molecule has 2 atom stereocenters. The van der Waals surface area contributed by atoms with Gasteiger partial charge in [0.25, 0.3) is 0 Å². The Labute approximate surface area is 164 Å². The monoisotopic (exact) mass is 386 g/mol. The first-order chi connectivity index (χ1) is 12.9. The highest BCUT2D eigenvalue weighted by Crippen LogP contribution is 2.12. The fourth-order valence-corrected chi connectivity index (χ4v) is 5.00. The number of hydrogen-bond donors (Lipinski definition) is 0. The van der Waals surface area contributed by atoms with Crippen molar-refractivity contribution >= 4 is 27.8 Å². The largest absolute Gasteiger partial charge is 0.512 e. The second-order valence-electron chi connectivity index (χ2n) is 5.51. The predicted octanol–water partition coefficient (Wildman–Crippen LogP) is 5.24. The van der Waals surface area contributed by atoms with E-state index in [0.717, 1.165) is 0 Å². The first kappa shape index (κ1) is 26.5. The highest BCUT2D eigenvalue weighted by molar-refractivity contribution is 7.47. The molecule has 2 unspecified atom stereocenters. The third kappa shape index (κ3) is 17.1. The lowest BCUT2D eigenvalue weighted by molar-refractivity contribution is 0.895. The van der Waals surface area contributed by atoms with E-state index in [9.17, 15) is 0 Å². The van der Waals surface area contributed by atoms with Gasteiger partial charge < -0.3 is 23.7 Å². The molecule has 0 saturated heterocycles. The zero-order valence-corrected chi connectivity index (χ0v) is 18.4. The van der Waals surface area contributed by atoms with E-state index < -0.39 is 0 Å². The summed E-state index contributed by atoms with van der Waals surface area (Å²) in [4.78, 5) is 0. The molecule has 0 amide bonds. The van der Waals surface area contributed by atoms with Gasteiger partial charge in [-0.1, -0.05) is 63.1 Å². The maximum atomic E-state index is 6.25. The van der Waals surface area contributed by atoms with E-state index in [-0.39, 0.29) is 0 Å². The maximum absolute atomic E-state index is 6.25. The predicted molar refractivity (Wildman–Crippen MR) is 121 cm³/mol. The molecule has 2 rings (SSSR count). The molecular formula is C22H32N2P2. The van der Waals surface area contributed by atoms with E-state index in [1.54, 1.807) is 10.6 Å². The lowest BCUT2D eigenvalue weighted by atomic mass is 10.4. The van der Waals surface area contributed by atoms with Crippen molar-refractivity contribution in [2.24, 2.45) is 0 Å². The molecule has 0 heterocycles. The fraction of sp³-hybridized carbons (Fsp3) is 0.364. The van der Waals surface area contributed by atoms with Gasteiger partial charge in [0.15, 0.2) is 0 Å². The smallest absolute Gasteiger partial charge is 0.0889 e. The van der Waals surface area contributed by atoms with Crippen molar-refractivity contribution < 1.29 is 0 Å². The standard InChI is InChI=1S/2C10H15P.2CN/c2*1-2-3-9-11-10-7-5-4-6-8-10;2*1-2/h2*4-8,11H,2-3,9H2,1H3;;/q;;2*-1/p+2. The van der Waals surface area contributed by atoms with Crippen molar-refractivity contribution in [2.45, 2.75) is 39.5 Å². The lowest BCUT2D eigenvalue weighted by Crippen LogP contribution is -1.92. The normalized spacial score (nSPS) is 9.46. The fourth-order valence-electron chi connectivity index (χ4n) is 2.12. The molecule has 2 nitrogen and oxygen atoms in total. The van der Waals surface area contributed by atoms with Crippen molar-refractivity contribution in [3.8, 4) is 0 Å². The molecule has 4 heteroatoms. The van der Waals surface area contributed by atoms with E-state index in [1.807, 2.05) is 0 Å². The number of hydrogen-bond acceptors (Lipinski definition) is 2. The molecule has 0 aliphatic rings. The van der Waals surface area contributed by atoms with Crippen LogP contribution in [0.1, 0.15) is 39.5 Å². The summed E-state index contributed by atoms with van der Waals surface area (Å²) in [5.74, 6) is 0. The van der Waals surface area contributed by atoms with Crippen molar-refractivity contribution in [2.75, 3.05) is 12.3 Å². The van der Waals surface area contributed by atoms with Crippen LogP contribution in [-0.4, -0.2) is 12.3 Å². The highest BCUT2D eigenvalue weighted by Gasteiger charge is 1.97. The average Bonchev–Trinajstić information content (AvgIpc) is 2.74. The first-order valence-corrected chi connectivity index (χ1v) is 11.9. The van der Waals surface area contributed by atoms with Crippen LogP contribution in [0.3, 0.4) is 0 Å². The Balaban J connectivity index is 0. The van der Waals surface area contributed by atoms with Crippen LogP contribution < -0.4 is 10.6 Å². The molecule has 0 N–H and O–H groups in total. The Hall–Kier alpha value is -1.72. The van der Waals surface area contributed by atoms with Gasteiger partial charge in [-0.05, 0) is 37.1 Å². The summed E-state index contributed by atoms with van der Waals surface area (Å²) in [6.07, 6.45) is 8.29. The Morgan fingerprint density at radius 3 is 1.19 bits per heavy atom. The average molecular weight is 386 g/mol. The Morgan fingerprint density at radius 2 is 0.923 bits per heavy atom. The van der Waals surface area contributed by atoms with Crippen LogP contribution in [0.25, 0.3) is 0 Å². The second-order valence-corrected chi connectivity index (χ2v) is 8.82. The Bertz CT molecular complexity index is 488. The summed E-state index contributed by atoms with van der Waals surface area (Å²) < 4.78 is 0. The van der Waals surface area contributed by atoms with Gasteiger partial charge >= 0.3 is 0 Å². The first-order valence-electron chi connectivity index (χ1n) is 9.08. The van der Waals surface area contributed by atoms with Crippen LogP contribution in [-0.2, 0) is 0 Å². The number of benzene rings is 2. The molecule has 140 valence electrons. The topological polar surface area (TPSA) is 47.6 Å². The summed E-state index contributed by atoms with van der Waals surface area (Å²) in [7, 11) is 1.09. The van der Waals surface area contributed by atoms with Crippen molar-refractivity contribution in [1.29, 1.82) is 10.5 Å². The summed E-state index contributed by atoms with van der Waals surface area (Å²) in [6, 6.07) is 21.7. The van der Waals surface area contributed by atoms with Gasteiger partial charge in [0.2, 0.25) is 0 Å². The molecule has 2 aromatic rings. The number of nitrogens with zero attached hydrogens (tertiary/aromatic N) is 2. The van der Waals surface area contributed by atoms with Crippen molar-refractivity contribution in [3.05, 3.63) is 73.8 Å². The SMILES string of the molecule is CCCC[PH2+]c1ccccc1.CCCC[PH2+]c1ccccc1.[C-]#N.[C-]#N. The van der Waals surface area contributed by atoms with Crippen LogP contribution in [0.15, 0.2) is 60.7 Å². The molecule has 0 bridgehead atoms. The van der Waals surface area contributed by atoms with Crippen LogP contribution in [0.2, 0.25) is 0 Å². The number of unbranched alkanes of at least 4 members (excludes halogenated alkanes) is 2. The van der Waals surface area contributed by atoms with Crippen molar-refractivity contribution in [3.63, 3.8) is 0 Å². The third-order valence-electron chi connectivity index (χ3n) is 3.47. The lowest BCUT2D eigenvalue weighted by Gasteiger charge is -1.91. The quantitative estimate of drug-likeness (QED) is 0.354. The summed E-state index contributed by atoms with van der Waals surface area (Å²) in [6.45, 7) is 14.0. The van der Waals surface area contributed by atoms with E-state index in [1.165, 1.54) is 38.0 Å². The molecular weight excluding hydrogens is 354 g/mol. The van der Waals surface area contributed by atoms with Crippen LogP contribution in [0, 0.1) is 23.7 Å². The molecule has 2 aromatic carbocycles. The molecule has 0 fully saturated rings. The second kappa shape index (κ2) is 23.3. The zero-order chi connectivity index (χ0) is 19.9. The molecule has 0 spiro atoms. The van der Waals surface area contributed by atoms with E-state index in [2.05, 4.69) is 74.5 Å². The summed E-state index contributed by atoms with van der Waals surface area (Å²) in [5, 5.41) is 15.6. The summed E-state index contributed by atoms with van der Waals surface area (Å²) >= 11 is 0. The van der Waals surface area contributed by atoms with Gasteiger partial charge in [-0.25, -0.2) is 0 Å². The highest BCUT2D eigenvalue weighted by atomic mass is 31.1. The minimum Gasteiger partial charge on any atom is -0.512 e. The van der Waals surface area contributed by atoms with Gasteiger partial charge in [-0.15, -0.1) is 0 Å². The molecule has 26 heavy (non-hydrogen) atoms. The third-order valence-corrected chi connectivity index (χ3v) is 6.58. The zero-order valence-electron chi connectivity index (χ0n) is 16.1. The maximum Gasteiger partial charge on any atom is 0.0889 e. The van der Waals surface area contributed by atoms with Crippen molar-refractivity contribution in [1.82, 2.24) is 0 Å².